The number of hydrogen-bond donors (Lipinski definition) is 1. The Kier molecular flexibility index (Phi) is 3.54. The van der Waals surface area contributed by atoms with Crippen molar-refractivity contribution in [2.75, 3.05) is 5.32 Å². The molecule has 1 N–H and O–H groups in total. The van der Waals surface area contributed by atoms with Gasteiger partial charge >= 0.3 is 0 Å². The standard InChI is InChI=1S/C13H13ClN4/c1-9-10(8-16-18(9)2)13(7-15)17-12-6-4-3-5-11(12)14/h3-6,8,13,17H,1-2H3. The SMILES string of the molecule is Cc1c(C(C#N)Nc2ccccc2Cl)cnn1C. The lowest BCUT2D eigenvalue weighted by molar-refractivity contribution is 0.737. The molecule has 1 aromatic heterocycles. The molecular formula is C13H13ClN4. The van der Waals surface area contributed by atoms with Crippen LogP contribution in [0, 0.1) is 18.3 Å². The number of anilines is 1. The Morgan fingerprint density at radius 1 is 1.44 bits per heavy atom. The summed E-state index contributed by atoms with van der Waals surface area (Å²) in [5, 5.41) is 17.1. The highest BCUT2D eigenvalue weighted by atomic mass is 35.5. The predicted molar refractivity (Wildman–Crippen MR) is 71.4 cm³/mol. The molecule has 5 heteroatoms. The van der Waals surface area contributed by atoms with Crippen LogP contribution in [0.15, 0.2) is 30.5 Å². The van der Waals surface area contributed by atoms with Crippen molar-refractivity contribution in [1.29, 1.82) is 5.26 Å². The number of halogens is 1. The van der Waals surface area contributed by atoms with E-state index in [4.69, 9.17) is 11.6 Å². The van der Waals surface area contributed by atoms with Crippen molar-refractivity contribution >= 4 is 17.3 Å². The lowest BCUT2D eigenvalue weighted by Gasteiger charge is -2.13. The highest BCUT2D eigenvalue weighted by molar-refractivity contribution is 6.33. The van der Waals surface area contributed by atoms with Crippen molar-refractivity contribution in [1.82, 2.24) is 9.78 Å². The van der Waals surface area contributed by atoms with Crippen LogP contribution in [0.4, 0.5) is 5.69 Å². The van der Waals surface area contributed by atoms with Crippen LogP contribution in [0.3, 0.4) is 0 Å². The summed E-state index contributed by atoms with van der Waals surface area (Å²) in [5.74, 6) is 0. The van der Waals surface area contributed by atoms with Crippen molar-refractivity contribution in [2.45, 2.75) is 13.0 Å². The van der Waals surface area contributed by atoms with Gasteiger partial charge in [0.05, 0.1) is 23.0 Å². The van der Waals surface area contributed by atoms with Gasteiger partial charge in [0.2, 0.25) is 0 Å². The number of nitrogens with zero attached hydrogens (tertiary/aromatic N) is 3. The number of rotatable bonds is 3. The third kappa shape index (κ3) is 2.31. The second kappa shape index (κ2) is 5.11. The van der Waals surface area contributed by atoms with E-state index in [1.807, 2.05) is 32.2 Å². The highest BCUT2D eigenvalue weighted by Crippen LogP contribution is 2.26. The van der Waals surface area contributed by atoms with Crippen molar-refractivity contribution in [3.05, 3.63) is 46.7 Å². The molecule has 0 aliphatic heterocycles. The van der Waals surface area contributed by atoms with Crippen LogP contribution in [0.5, 0.6) is 0 Å². The topological polar surface area (TPSA) is 53.6 Å². The van der Waals surface area contributed by atoms with E-state index < -0.39 is 6.04 Å². The molecule has 4 nitrogen and oxygen atoms in total. The van der Waals surface area contributed by atoms with Gasteiger partial charge in [-0.2, -0.15) is 10.4 Å². The molecule has 1 atom stereocenters. The van der Waals surface area contributed by atoms with Gasteiger partial charge in [-0.1, -0.05) is 23.7 Å². The molecule has 0 spiro atoms. The molecule has 0 fully saturated rings. The fraction of sp³-hybridized carbons (Fsp3) is 0.231. The van der Waals surface area contributed by atoms with Crippen LogP contribution in [-0.2, 0) is 7.05 Å². The van der Waals surface area contributed by atoms with Gasteiger partial charge in [-0.15, -0.1) is 0 Å². The lowest BCUT2D eigenvalue weighted by Crippen LogP contribution is -2.10. The maximum absolute atomic E-state index is 9.27. The van der Waals surface area contributed by atoms with E-state index >= 15 is 0 Å². The maximum atomic E-state index is 9.27. The summed E-state index contributed by atoms with van der Waals surface area (Å²) in [4.78, 5) is 0. The van der Waals surface area contributed by atoms with Gasteiger partial charge in [0, 0.05) is 18.3 Å². The van der Waals surface area contributed by atoms with Crippen molar-refractivity contribution in [2.24, 2.45) is 7.05 Å². The van der Waals surface area contributed by atoms with Crippen molar-refractivity contribution in [3.63, 3.8) is 0 Å². The molecule has 18 heavy (non-hydrogen) atoms. The highest BCUT2D eigenvalue weighted by Gasteiger charge is 2.16. The van der Waals surface area contributed by atoms with Gasteiger partial charge < -0.3 is 5.32 Å². The largest absolute Gasteiger partial charge is 0.365 e. The summed E-state index contributed by atoms with van der Waals surface area (Å²) in [5.41, 5.74) is 2.56. The summed E-state index contributed by atoms with van der Waals surface area (Å²) in [7, 11) is 1.85. The summed E-state index contributed by atoms with van der Waals surface area (Å²) >= 11 is 6.07. The normalized spacial score (nSPS) is 11.9. The molecule has 1 heterocycles. The van der Waals surface area contributed by atoms with E-state index in [9.17, 15) is 5.26 Å². The van der Waals surface area contributed by atoms with Crippen LogP contribution in [0.25, 0.3) is 0 Å². The molecule has 0 aliphatic carbocycles. The number of benzene rings is 1. The number of para-hydroxylation sites is 1. The molecule has 1 aromatic carbocycles. The van der Waals surface area contributed by atoms with Crippen LogP contribution in [0.1, 0.15) is 17.3 Å². The molecule has 2 aromatic rings. The Labute approximate surface area is 111 Å². The van der Waals surface area contributed by atoms with Gasteiger partial charge in [0.15, 0.2) is 0 Å². The number of aryl methyl sites for hydroxylation is 1. The quantitative estimate of drug-likeness (QED) is 0.923. The molecular weight excluding hydrogens is 248 g/mol. The summed E-state index contributed by atoms with van der Waals surface area (Å²) < 4.78 is 1.74. The second-order valence-electron chi connectivity index (χ2n) is 4.00. The zero-order chi connectivity index (χ0) is 13.1. The summed E-state index contributed by atoms with van der Waals surface area (Å²) in [6, 6.07) is 9.12. The minimum absolute atomic E-state index is 0.460. The van der Waals surface area contributed by atoms with Gasteiger partial charge in [-0.25, -0.2) is 0 Å². The van der Waals surface area contributed by atoms with E-state index in [1.165, 1.54) is 0 Å². The Morgan fingerprint density at radius 3 is 2.72 bits per heavy atom. The fourth-order valence-corrected chi connectivity index (χ4v) is 1.90. The first-order valence-electron chi connectivity index (χ1n) is 5.52. The summed E-state index contributed by atoms with van der Waals surface area (Å²) in [6.45, 7) is 1.93. The predicted octanol–water partition coefficient (Wildman–Crippen LogP) is 3.06. The Hall–Kier alpha value is -1.99. The molecule has 0 aliphatic rings. The minimum Gasteiger partial charge on any atom is -0.365 e. The summed E-state index contributed by atoms with van der Waals surface area (Å²) in [6.07, 6.45) is 1.70. The van der Waals surface area contributed by atoms with Gasteiger partial charge in [0.1, 0.15) is 6.04 Å². The number of aromatic nitrogens is 2. The third-order valence-corrected chi connectivity index (χ3v) is 3.22. The Balaban J connectivity index is 2.29. The molecule has 1 unspecified atom stereocenters. The smallest absolute Gasteiger partial charge is 0.143 e. The van der Waals surface area contributed by atoms with E-state index in [2.05, 4.69) is 16.5 Å². The second-order valence-corrected chi connectivity index (χ2v) is 4.40. The Bertz CT molecular complexity index is 597. The zero-order valence-electron chi connectivity index (χ0n) is 10.2. The maximum Gasteiger partial charge on any atom is 0.143 e. The molecule has 0 saturated carbocycles. The van der Waals surface area contributed by atoms with Gasteiger partial charge in [0.25, 0.3) is 0 Å². The number of nitriles is 1. The monoisotopic (exact) mass is 260 g/mol. The Morgan fingerprint density at radius 2 is 2.17 bits per heavy atom. The van der Waals surface area contributed by atoms with Crippen molar-refractivity contribution in [3.8, 4) is 6.07 Å². The van der Waals surface area contributed by atoms with Crippen LogP contribution < -0.4 is 5.32 Å². The molecule has 0 bridgehead atoms. The first-order chi connectivity index (χ1) is 8.63. The van der Waals surface area contributed by atoms with E-state index in [0.717, 1.165) is 16.9 Å². The molecule has 0 amide bonds. The van der Waals surface area contributed by atoms with Crippen LogP contribution >= 0.6 is 11.6 Å². The molecule has 2 rings (SSSR count). The van der Waals surface area contributed by atoms with Crippen LogP contribution in [-0.4, -0.2) is 9.78 Å². The first-order valence-corrected chi connectivity index (χ1v) is 5.90. The molecule has 0 saturated heterocycles. The number of nitrogens with one attached hydrogen (secondary N) is 1. The van der Waals surface area contributed by atoms with E-state index in [0.29, 0.717) is 5.02 Å². The number of hydrogen-bond acceptors (Lipinski definition) is 3. The fourth-order valence-electron chi connectivity index (χ4n) is 1.71. The first kappa shape index (κ1) is 12.5. The zero-order valence-corrected chi connectivity index (χ0v) is 10.9. The molecule has 0 radical (unpaired) electrons. The average molecular weight is 261 g/mol. The average Bonchev–Trinajstić information content (AvgIpc) is 2.70. The lowest BCUT2D eigenvalue weighted by atomic mass is 10.1. The van der Waals surface area contributed by atoms with E-state index in [-0.39, 0.29) is 0 Å². The third-order valence-electron chi connectivity index (χ3n) is 2.89. The van der Waals surface area contributed by atoms with Gasteiger partial charge in [-0.3, -0.25) is 4.68 Å². The molecule has 92 valence electrons. The van der Waals surface area contributed by atoms with Crippen LogP contribution in [0.2, 0.25) is 5.02 Å². The van der Waals surface area contributed by atoms with Gasteiger partial charge in [-0.05, 0) is 19.1 Å². The van der Waals surface area contributed by atoms with E-state index in [1.54, 1.807) is 16.9 Å². The van der Waals surface area contributed by atoms with Crippen molar-refractivity contribution < 1.29 is 0 Å². The minimum atomic E-state index is -0.460.